The molecule has 1 rings (SSSR count). The highest BCUT2D eigenvalue weighted by Crippen LogP contribution is 2.16. The third-order valence-electron chi connectivity index (χ3n) is 1.72. The van der Waals surface area contributed by atoms with Crippen molar-refractivity contribution in [1.82, 2.24) is 0 Å². The first-order valence-electron chi connectivity index (χ1n) is 3.71. The van der Waals surface area contributed by atoms with Crippen LogP contribution < -0.4 is 4.74 Å². The van der Waals surface area contributed by atoms with Crippen molar-refractivity contribution in [2.24, 2.45) is 5.16 Å². The van der Waals surface area contributed by atoms with Crippen molar-refractivity contribution in [3.8, 4) is 5.75 Å². The molecule has 1 N–H and O–H groups in total. The van der Waals surface area contributed by atoms with Gasteiger partial charge < -0.3 is 9.94 Å². The number of nitrogens with zero attached hydrogens (tertiary/aromatic N) is 1. The summed E-state index contributed by atoms with van der Waals surface area (Å²) >= 11 is 0. The monoisotopic (exact) mass is 183 g/mol. The lowest BCUT2D eigenvalue weighted by Gasteiger charge is -2.03. The summed E-state index contributed by atoms with van der Waals surface area (Å²) in [6, 6.07) is 4.35. The molecular weight excluding hydrogens is 173 g/mol. The molecule has 0 atom stereocenters. The molecule has 0 saturated carbocycles. The number of oxime groups is 1. The van der Waals surface area contributed by atoms with Gasteiger partial charge in [-0.3, -0.25) is 0 Å². The Morgan fingerprint density at radius 2 is 2.23 bits per heavy atom. The zero-order chi connectivity index (χ0) is 9.84. The van der Waals surface area contributed by atoms with Gasteiger partial charge in [0.25, 0.3) is 0 Å². The van der Waals surface area contributed by atoms with E-state index in [-0.39, 0.29) is 11.3 Å². The molecule has 0 saturated heterocycles. The molecule has 70 valence electrons. The van der Waals surface area contributed by atoms with Crippen LogP contribution in [0.2, 0.25) is 0 Å². The van der Waals surface area contributed by atoms with E-state index in [1.54, 1.807) is 6.07 Å². The van der Waals surface area contributed by atoms with E-state index in [1.807, 2.05) is 0 Å². The number of halogens is 1. The highest BCUT2D eigenvalue weighted by molar-refractivity contribution is 5.98. The van der Waals surface area contributed by atoms with E-state index in [2.05, 4.69) is 5.16 Å². The molecule has 1 aromatic rings. The van der Waals surface area contributed by atoms with Crippen LogP contribution in [0.4, 0.5) is 4.39 Å². The minimum absolute atomic E-state index is 0.236. The SMILES string of the molecule is COc1ccc(/C(C)=N\O)c(F)c1. The van der Waals surface area contributed by atoms with Gasteiger partial charge in [-0.1, -0.05) is 5.16 Å². The number of rotatable bonds is 2. The maximum absolute atomic E-state index is 13.2. The van der Waals surface area contributed by atoms with Crippen LogP contribution in [0.3, 0.4) is 0 Å². The zero-order valence-electron chi connectivity index (χ0n) is 7.41. The largest absolute Gasteiger partial charge is 0.497 e. The van der Waals surface area contributed by atoms with Crippen molar-refractivity contribution in [2.45, 2.75) is 6.92 Å². The van der Waals surface area contributed by atoms with Crippen molar-refractivity contribution < 1.29 is 14.3 Å². The highest BCUT2D eigenvalue weighted by atomic mass is 19.1. The molecule has 4 heteroatoms. The van der Waals surface area contributed by atoms with Gasteiger partial charge in [0, 0.05) is 11.6 Å². The lowest BCUT2D eigenvalue weighted by molar-refractivity contribution is 0.319. The van der Waals surface area contributed by atoms with Crippen molar-refractivity contribution in [3.63, 3.8) is 0 Å². The minimum Gasteiger partial charge on any atom is -0.497 e. The summed E-state index contributed by atoms with van der Waals surface area (Å²) in [5, 5.41) is 11.3. The quantitative estimate of drug-likeness (QED) is 0.433. The molecule has 0 radical (unpaired) electrons. The number of ether oxygens (including phenoxy) is 1. The number of methoxy groups -OCH3 is 1. The summed E-state index contributed by atoms with van der Waals surface area (Å²) in [6.45, 7) is 1.52. The van der Waals surface area contributed by atoms with Crippen LogP contribution in [0.15, 0.2) is 23.4 Å². The van der Waals surface area contributed by atoms with Gasteiger partial charge in [-0.05, 0) is 19.1 Å². The molecule has 1 aromatic carbocycles. The Labute approximate surface area is 75.4 Å². The van der Waals surface area contributed by atoms with Crippen LogP contribution in [0.1, 0.15) is 12.5 Å². The zero-order valence-corrected chi connectivity index (χ0v) is 7.41. The summed E-state index contributed by atoms with van der Waals surface area (Å²) in [5.74, 6) is -0.0263. The fraction of sp³-hybridized carbons (Fsp3) is 0.222. The third kappa shape index (κ3) is 1.96. The summed E-state index contributed by atoms with van der Waals surface area (Å²) in [5.41, 5.74) is 0.503. The lowest BCUT2D eigenvalue weighted by atomic mass is 10.1. The average molecular weight is 183 g/mol. The Morgan fingerprint density at radius 1 is 1.54 bits per heavy atom. The number of benzene rings is 1. The fourth-order valence-electron chi connectivity index (χ4n) is 0.970. The molecule has 0 amide bonds. The maximum Gasteiger partial charge on any atom is 0.136 e. The standard InChI is InChI=1S/C9H10FNO2/c1-6(11-12)8-4-3-7(13-2)5-9(8)10/h3-5,12H,1-2H3/b11-6-. The molecule has 0 heterocycles. The predicted molar refractivity (Wildman–Crippen MR) is 46.9 cm³/mol. The van der Waals surface area contributed by atoms with E-state index in [0.717, 1.165) is 0 Å². The van der Waals surface area contributed by atoms with E-state index in [1.165, 1.54) is 26.2 Å². The van der Waals surface area contributed by atoms with Crippen LogP contribution in [0, 0.1) is 5.82 Å². The van der Waals surface area contributed by atoms with Crippen LogP contribution in [0.25, 0.3) is 0 Å². The predicted octanol–water partition coefficient (Wildman–Crippen LogP) is 2.03. The highest BCUT2D eigenvalue weighted by Gasteiger charge is 2.06. The van der Waals surface area contributed by atoms with E-state index in [0.29, 0.717) is 5.75 Å². The van der Waals surface area contributed by atoms with Gasteiger partial charge in [0.1, 0.15) is 11.6 Å². The summed E-state index contributed by atoms with van der Waals surface area (Å²) < 4.78 is 18.0. The Morgan fingerprint density at radius 3 is 2.69 bits per heavy atom. The molecule has 0 unspecified atom stereocenters. The van der Waals surface area contributed by atoms with Gasteiger partial charge >= 0.3 is 0 Å². The Kier molecular flexibility index (Phi) is 2.84. The first-order valence-corrected chi connectivity index (χ1v) is 3.71. The average Bonchev–Trinajstić information content (AvgIpc) is 2.16. The van der Waals surface area contributed by atoms with Crippen molar-refractivity contribution in [3.05, 3.63) is 29.6 Å². The normalized spacial score (nSPS) is 11.5. The lowest BCUT2D eigenvalue weighted by Crippen LogP contribution is -1.99. The summed E-state index contributed by atoms with van der Waals surface area (Å²) in [7, 11) is 1.46. The number of hydrogen-bond donors (Lipinski definition) is 1. The molecule has 3 nitrogen and oxygen atoms in total. The van der Waals surface area contributed by atoms with Gasteiger partial charge in [0.15, 0.2) is 0 Å². The van der Waals surface area contributed by atoms with Gasteiger partial charge in [-0.15, -0.1) is 0 Å². The summed E-state index contributed by atoms with van der Waals surface area (Å²) in [4.78, 5) is 0. The molecule has 0 fully saturated rings. The molecule has 0 aromatic heterocycles. The van der Waals surface area contributed by atoms with Gasteiger partial charge in [-0.25, -0.2) is 4.39 Å². The maximum atomic E-state index is 13.2. The van der Waals surface area contributed by atoms with Gasteiger partial charge in [0.05, 0.1) is 12.8 Å². The molecular formula is C9H10FNO2. The Bertz CT molecular complexity index is 336. The fourth-order valence-corrected chi connectivity index (χ4v) is 0.970. The third-order valence-corrected chi connectivity index (χ3v) is 1.72. The van der Waals surface area contributed by atoms with Crippen molar-refractivity contribution in [1.29, 1.82) is 0 Å². The minimum atomic E-state index is -0.463. The first kappa shape index (κ1) is 9.51. The molecule has 0 aliphatic heterocycles. The first-order chi connectivity index (χ1) is 6.19. The molecule has 0 aliphatic carbocycles. The molecule has 13 heavy (non-hydrogen) atoms. The molecule has 0 aliphatic rings. The van der Waals surface area contributed by atoms with Crippen LogP contribution in [-0.2, 0) is 0 Å². The van der Waals surface area contributed by atoms with E-state index in [4.69, 9.17) is 9.94 Å². The van der Waals surface area contributed by atoms with Gasteiger partial charge in [0.2, 0.25) is 0 Å². The Hall–Kier alpha value is -1.58. The topological polar surface area (TPSA) is 41.8 Å². The second kappa shape index (κ2) is 3.89. The van der Waals surface area contributed by atoms with E-state index >= 15 is 0 Å². The van der Waals surface area contributed by atoms with Crippen molar-refractivity contribution in [2.75, 3.05) is 7.11 Å². The van der Waals surface area contributed by atoms with Gasteiger partial charge in [-0.2, -0.15) is 0 Å². The summed E-state index contributed by atoms with van der Waals surface area (Å²) in [6.07, 6.45) is 0. The Balaban J connectivity index is 3.12. The van der Waals surface area contributed by atoms with E-state index in [9.17, 15) is 4.39 Å². The molecule has 0 spiro atoms. The van der Waals surface area contributed by atoms with Crippen molar-refractivity contribution >= 4 is 5.71 Å². The van der Waals surface area contributed by atoms with E-state index < -0.39 is 5.82 Å². The number of hydrogen-bond acceptors (Lipinski definition) is 3. The van der Waals surface area contributed by atoms with Crippen LogP contribution in [0.5, 0.6) is 5.75 Å². The second-order valence-corrected chi connectivity index (χ2v) is 2.53. The molecule has 0 bridgehead atoms. The smallest absolute Gasteiger partial charge is 0.136 e. The second-order valence-electron chi connectivity index (χ2n) is 2.53. The van der Waals surface area contributed by atoms with Crippen LogP contribution >= 0.6 is 0 Å². The van der Waals surface area contributed by atoms with Crippen LogP contribution in [-0.4, -0.2) is 18.0 Å².